The van der Waals surface area contributed by atoms with E-state index in [1.54, 1.807) is 0 Å². The molecule has 4 nitrogen and oxygen atoms in total. The van der Waals surface area contributed by atoms with Gasteiger partial charge in [-0.1, -0.05) is 28.1 Å². The monoisotopic (exact) mass is 338 g/mol. The Balaban J connectivity index is 2.18. The van der Waals surface area contributed by atoms with Crippen LogP contribution < -0.4 is 11.1 Å². The highest BCUT2D eigenvalue weighted by molar-refractivity contribution is 9.10. The number of halogens is 2. The first-order chi connectivity index (χ1) is 9.47. The Bertz CT molecular complexity index is 644. The van der Waals surface area contributed by atoms with Crippen LogP contribution in [0.1, 0.15) is 15.9 Å². The third-order valence-corrected chi connectivity index (χ3v) is 3.29. The molecule has 0 bridgehead atoms. The van der Waals surface area contributed by atoms with E-state index in [1.807, 2.05) is 24.3 Å². The summed E-state index contributed by atoms with van der Waals surface area (Å²) in [5.74, 6) is -1.76. The van der Waals surface area contributed by atoms with Gasteiger partial charge in [0.15, 0.2) is 0 Å². The van der Waals surface area contributed by atoms with Crippen molar-refractivity contribution in [3.8, 4) is 0 Å². The van der Waals surface area contributed by atoms with Crippen LogP contribution in [0, 0.1) is 5.82 Å². The lowest BCUT2D eigenvalue weighted by Crippen LogP contribution is -2.07. The zero-order chi connectivity index (χ0) is 14.7. The molecule has 2 aromatic rings. The lowest BCUT2D eigenvalue weighted by Gasteiger charge is -2.10. The molecule has 2 rings (SSSR count). The average Bonchev–Trinajstić information content (AvgIpc) is 2.39. The first kappa shape index (κ1) is 14.3. The maximum atomic E-state index is 13.7. The van der Waals surface area contributed by atoms with Crippen molar-refractivity contribution >= 4 is 33.3 Å². The molecule has 0 aromatic heterocycles. The number of carboxylic acids is 1. The molecule has 4 N–H and O–H groups in total. The predicted octanol–water partition coefficient (Wildman–Crippen LogP) is 3.48. The second kappa shape index (κ2) is 5.92. The highest BCUT2D eigenvalue weighted by Gasteiger charge is 2.13. The molecule has 0 saturated heterocycles. The number of carbonyl (C=O) groups is 1. The normalized spacial score (nSPS) is 10.3. The Hall–Kier alpha value is -2.08. The highest BCUT2D eigenvalue weighted by atomic mass is 79.9. The Morgan fingerprint density at radius 3 is 2.55 bits per heavy atom. The van der Waals surface area contributed by atoms with Gasteiger partial charge in [-0.05, 0) is 29.8 Å². The van der Waals surface area contributed by atoms with Crippen LogP contribution in [0.3, 0.4) is 0 Å². The predicted molar refractivity (Wildman–Crippen MR) is 79.2 cm³/mol. The molecule has 6 heteroatoms. The largest absolute Gasteiger partial charge is 0.478 e. The molecule has 0 aliphatic carbocycles. The van der Waals surface area contributed by atoms with Crippen molar-refractivity contribution in [3.05, 3.63) is 57.8 Å². The van der Waals surface area contributed by atoms with E-state index in [-0.39, 0.29) is 16.9 Å². The third kappa shape index (κ3) is 3.27. The second-order valence-electron chi connectivity index (χ2n) is 4.20. The Labute approximate surface area is 123 Å². The molecule has 0 spiro atoms. The Morgan fingerprint density at radius 2 is 1.95 bits per heavy atom. The first-order valence-electron chi connectivity index (χ1n) is 5.78. The van der Waals surface area contributed by atoms with Crippen LogP contribution in [-0.2, 0) is 6.54 Å². The van der Waals surface area contributed by atoms with Crippen LogP contribution >= 0.6 is 15.9 Å². The van der Waals surface area contributed by atoms with Gasteiger partial charge in [0, 0.05) is 16.7 Å². The van der Waals surface area contributed by atoms with Crippen LogP contribution in [0.2, 0.25) is 0 Å². The summed E-state index contributed by atoms with van der Waals surface area (Å²) in [6.07, 6.45) is 0. The zero-order valence-electron chi connectivity index (χ0n) is 10.4. The van der Waals surface area contributed by atoms with E-state index >= 15 is 0 Å². The number of rotatable bonds is 4. The minimum absolute atomic E-state index is 0.0933. The van der Waals surface area contributed by atoms with E-state index in [9.17, 15) is 9.18 Å². The van der Waals surface area contributed by atoms with Crippen molar-refractivity contribution in [1.82, 2.24) is 0 Å². The number of nitrogens with one attached hydrogen (secondary N) is 1. The summed E-state index contributed by atoms with van der Waals surface area (Å²) in [5.41, 5.74) is 6.30. The molecule has 0 aliphatic heterocycles. The number of anilines is 2. The molecule has 0 saturated carbocycles. The topological polar surface area (TPSA) is 75.3 Å². The van der Waals surface area contributed by atoms with Crippen molar-refractivity contribution in [2.24, 2.45) is 0 Å². The molecule has 0 fully saturated rings. The van der Waals surface area contributed by atoms with Gasteiger partial charge in [-0.25, -0.2) is 9.18 Å². The van der Waals surface area contributed by atoms with Gasteiger partial charge in [0.1, 0.15) is 5.82 Å². The maximum Gasteiger partial charge on any atom is 0.337 e. The van der Waals surface area contributed by atoms with Gasteiger partial charge in [-0.15, -0.1) is 0 Å². The molecule has 0 unspecified atom stereocenters. The Morgan fingerprint density at radius 1 is 1.30 bits per heavy atom. The molecule has 104 valence electrons. The summed E-state index contributed by atoms with van der Waals surface area (Å²) in [6, 6.07) is 9.71. The summed E-state index contributed by atoms with van der Waals surface area (Å²) in [7, 11) is 0. The van der Waals surface area contributed by atoms with Gasteiger partial charge >= 0.3 is 5.97 Å². The fourth-order valence-electron chi connectivity index (χ4n) is 1.71. The van der Waals surface area contributed by atoms with Crippen molar-refractivity contribution in [3.63, 3.8) is 0 Å². The lowest BCUT2D eigenvalue weighted by atomic mass is 10.1. The Kier molecular flexibility index (Phi) is 4.24. The summed E-state index contributed by atoms with van der Waals surface area (Å²) in [5, 5.41) is 11.8. The van der Waals surface area contributed by atoms with Gasteiger partial charge in [0.25, 0.3) is 0 Å². The van der Waals surface area contributed by atoms with E-state index in [0.29, 0.717) is 6.54 Å². The number of carboxylic acid groups (broad SMARTS) is 1. The van der Waals surface area contributed by atoms with Gasteiger partial charge in [0.2, 0.25) is 0 Å². The molecule has 0 amide bonds. The van der Waals surface area contributed by atoms with E-state index in [2.05, 4.69) is 21.2 Å². The maximum absolute atomic E-state index is 13.7. The molecule has 2 aromatic carbocycles. The summed E-state index contributed by atoms with van der Waals surface area (Å²) in [4.78, 5) is 11.0. The molecular weight excluding hydrogens is 327 g/mol. The minimum Gasteiger partial charge on any atom is -0.478 e. The minimum atomic E-state index is -1.19. The molecular formula is C14H12BrFN2O2. The first-order valence-corrected chi connectivity index (χ1v) is 6.57. The second-order valence-corrected chi connectivity index (χ2v) is 5.12. The quantitative estimate of drug-likeness (QED) is 0.746. The van der Waals surface area contributed by atoms with Gasteiger partial charge < -0.3 is 16.2 Å². The number of nitrogens with two attached hydrogens (primary N) is 1. The summed E-state index contributed by atoms with van der Waals surface area (Å²) < 4.78 is 14.7. The van der Waals surface area contributed by atoms with E-state index in [4.69, 9.17) is 10.8 Å². The van der Waals surface area contributed by atoms with Crippen LogP contribution in [0.4, 0.5) is 15.8 Å². The number of hydrogen-bond acceptors (Lipinski definition) is 3. The number of benzene rings is 2. The number of hydrogen-bond donors (Lipinski definition) is 3. The molecule has 0 aliphatic rings. The zero-order valence-corrected chi connectivity index (χ0v) is 11.9. The van der Waals surface area contributed by atoms with E-state index in [1.165, 1.54) is 6.07 Å². The van der Waals surface area contributed by atoms with Gasteiger partial charge in [-0.2, -0.15) is 0 Å². The third-order valence-electron chi connectivity index (χ3n) is 2.77. The van der Waals surface area contributed by atoms with Crippen molar-refractivity contribution in [2.45, 2.75) is 6.54 Å². The lowest BCUT2D eigenvalue weighted by molar-refractivity contribution is 0.0698. The standard InChI is InChI=1S/C14H12BrFN2O2/c15-9-3-1-8(2-4-9)7-18-13-5-10(14(19)20)12(17)6-11(13)16/h1-6,18H,7,17H2,(H,19,20). The smallest absolute Gasteiger partial charge is 0.337 e. The van der Waals surface area contributed by atoms with Crippen LogP contribution in [0.5, 0.6) is 0 Å². The average molecular weight is 339 g/mol. The van der Waals surface area contributed by atoms with Crippen LogP contribution in [0.25, 0.3) is 0 Å². The molecule has 0 radical (unpaired) electrons. The van der Waals surface area contributed by atoms with Crippen LogP contribution in [0.15, 0.2) is 40.9 Å². The number of aromatic carboxylic acids is 1. The molecule has 20 heavy (non-hydrogen) atoms. The van der Waals surface area contributed by atoms with E-state index < -0.39 is 11.8 Å². The fraction of sp³-hybridized carbons (Fsp3) is 0.0714. The molecule has 0 atom stereocenters. The van der Waals surface area contributed by atoms with Gasteiger partial charge in [-0.3, -0.25) is 0 Å². The summed E-state index contributed by atoms with van der Waals surface area (Å²) >= 11 is 3.33. The van der Waals surface area contributed by atoms with Crippen molar-refractivity contribution in [2.75, 3.05) is 11.1 Å². The summed E-state index contributed by atoms with van der Waals surface area (Å²) in [6.45, 7) is 0.382. The van der Waals surface area contributed by atoms with Crippen molar-refractivity contribution < 1.29 is 14.3 Å². The SMILES string of the molecule is Nc1cc(F)c(NCc2ccc(Br)cc2)cc1C(=O)O. The highest BCUT2D eigenvalue weighted by Crippen LogP contribution is 2.23. The number of nitrogen functional groups attached to an aromatic ring is 1. The van der Waals surface area contributed by atoms with Gasteiger partial charge in [0.05, 0.1) is 11.3 Å². The van der Waals surface area contributed by atoms with Crippen LogP contribution in [-0.4, -0.2) is 11.1 Å². The van der Waals surface area contributed by atoms with Crippen molar-refractivity contribution in [1.29, 1.82) is 0 Å². The fourth-order valence-corrected chi connectivity index (χ4v) is 1.97. The molecule has 0 heterocycles. The van der Waals surface area contributed by atoms with E-state index in [0.717, 1.165) is 16.1 Å².